The molecule has 0 saturated carbocycles. The molecule has 1 saturated heterocycles. The summed E-state index contributed by atoms with van der Waals surface area (Å²) < 4.78 is 5.49. The summed E-state index contributed by atoms with van der Waals surface area (Å²) in [5, 5.41) is 8.91. The molecule has 3 aromatic rings. The van der Waals surface area contributed by atoms with Crippen LogP contribution in [0.2, 0.25) is 0 Å². The molecule has 0 bridgehead atoms. The number of benzene rings is 2. The number of carbonyl (C=O) groups excluding carboxylic acids is 3. The van der Waals surface area contributed by atoms with Gasteiger partial charge in [-0.05, 0) is 37.1 Å². The highest BCUT2D eigenvalue weighted by atomic mass is 35.5. The second kappa shape index (κ2) is 13.4. The lowest BCUT2D eigenvalue weighted by Crippen LogP contribution is -2.45. The minimum atomic E-state index is -0.953. The number of amides is 2. The summed E-state index contributed by atoms with van der Waals surface area (Å²) in [6, 6.07) is 17.7. The molecule has 0 aliphatic carbocycles. The Labute approximate surface area is 215 Å². The first kappa shape index (κ1) is 26.9. The van der Waals surface area contributed by atoms with E-state index in [0.717, 1.165) is 37.1 Å². The molecule has 1 aromatic heterocycles. The van der Waals surface area contributed by atoms with Crippen molar-refractivity contribution in [3.05, 3.63) is 89.5 Å². The van der Waals surface area contributed by atoms with Gasteiger partial charge in [0.25, 0.3) is 11.8 Å². The number of esters is 1. The fourth-order valence-corrected chi connectivity index (χ4v) is 3.96. The van der Waals surface area contributed by atoms with Gasteiger partial charge in [0.05, 0.1) is 6.33 Å². The van der Waals surface area contributed by atoms with E-state index in [1.54, 1.807) is 0 Å². The molecule has 0 spiro atoms. The van der Waals surface area contributed by atoms with Crippen LogP contribution in [-0.4, -0.2) is 52.9 Å². The number of piperidine rings is 1. The van der Waals surface area contributed by atoms with Gasteiger partial charge in [0.15, 0.2) is 5.69 Å². The van der Waals surface area contributed by atoms with Gasteiger partial charge in [0, 0.05) is 12.5 Å². The summed E-state index contributed by atoms with van der Waals surface area (Å²) in [6.07, 6.45) is 3.16. The predicted octanol–water partition coefficient (Wildman–Crippen LogP) is 2.40. The van der Waals surface area contributed by atoms with Gasteiger partial charge in [-0.2, -0.15) is 0 Å². The molecule has 9 nitrogen and oxygen atoms in total. The topological polar surface area (TPSA) is 125 Å². The van der Waals surface area contributed by atoms with Crippen LogP contribution in [0, 0.1) is 0 Å². The highest BCUT2D eigenvalue weighted by Crippen LogP contribution is 2.11. The van der Waals surface area contributed by atoms with Crippen LogP contribution >= 0.6 is 12.4 Å². The van der Waals surface area contributed by atoms with Gasteiger partial charge in [-0.25, -0.2) is 9.78 Å². The molecule has 1 fully saturated rings. The van der Waals surface area contributed by atoms with Gasteiger partial charge in [0.2, 0.25) is 0 Å². The van der Waals surface area contributed by atoms with Crippen molar-refractivity contribution >= 4 is 30.2 Å². The van der Waals surface area contributed by atoms with Crippen LogP contribution < -0.4 is 16.0 Å². The van der Waals surface area contributed by atoms with E-state index in [1.807, 2.05) is 60.7 Å². The Kier molecular flexibility index (Phi) is 10.0. The Bertz CT molecular complexity index is 1130. The first-order valence-electron chi connectivity index (χ1n) is 11.7. The van der Waals surface area contributed by atoms with E-state index in [0.29, 0.717) is 0 Å². The highest BCUT2D eigenvalue weighted by Gasteiger charge is 2.28. The Morgan fingerprint density at radius 2 is 1.58 bits per heavy atom. The lowest BCUT2D eigenvalue weighted by Gasteiger charge is -2.23. The zero-order valence-electron chi connectivity index (χ0n) is 19.7. The van der Waals surface area contributed by atoms with E-state index in [4.69, 9.17) is 4.74 Å². The van der Waals surface area contributed by atoms with Crippen LogP contribution in [0.4, 0.5) is 0 Å². The maximum Gasteiger partial charge on any atom is 0.329 e. The monoisotopic (exact) mass is 511 g/mol. The van der Waals surface area contributed by atoms with Crippen molar-refractivity contribution < 1.29 is 19.1 Å². The Morgan fingerprint density at radius 3 is 2.25 bits per heavy atom. The molecule has 1 aliphatic rings. The number of nitrogens with one attached hydrogen (secondary N) is 4. The fraction of sp³-hybridized carbons (Fsp3) is 0.308. The van der Waals surface area contributed by atoms with Crippen LogP contribution in [0.3, 0.4) is 0 Å². The van der Waals surface area contributed by atoms with Crippen molar-refractivity contribution in [2.24, 2.45) is 0 Å². The zero-order valence-corrected chi connectivity index (χ0v) is 20.6. The summed E-state index contributed by atoms with van der Waals surface area (Å²) >= 11 is 0. The molecule has 0 radical (unpaired) electrons. The normalized spacial score (nSPS) is 14.2. The molecule has 4 rings (SSSR count). The van der Waals surface area contributed by atoms with Gasteiger partial charge >= 0.3 is 5.97 Å². The number of rotatable bonds is 9. The van der Waals surface area contributed by atoms with Crippen molar-refractivity contribution in [2.75, 3.05) is 13.1 Å². The minimum Gasteiger partial charge on any atom is -0.459 e. The quantitative estimate of drug-likeness (QED) is 0.327. The Hall–Kier alpha value is -3.69. The van der Waals surface area contributed by atoms with Crippen LogP contribution in [0.1, 0.15) is 44.9 Å². The van der Waals surface area contributed by atoms with Gasteiger partial charge in [-0.15, -0.1) is 12.4 Å². The Morgan fingerprint density at radius 1 is 0.944 bits per heavy atom. The van der Waals surface area contributed by atoms with E-state index in [1.165, 1.54) is 6.33 Å². The van der Waals surface area contributed by atoms with Gasteiger partial charge in [-0.1, -0.05) is 60.7 Å². The molecule has 2 heterocycles. The van der Waals surface area contributed by atoms with Gasteiger partial charge in [-0.3, -0.25) is 9.59 Å². The number of hydrogen-bond acceptors (Lipinski definition) is 6. The first-order valence-corrected chi connectivity index (χ1v) is 11.7. The lowest BCUT2D eigenvalue weighted by molar-refractivity contribution is -0.147. The molecular formula is C26H30ClN5O4. The average molecular weight is 512 g/mol. The standard InChI is InChI=1S/C26H29N5O4.ClH/c32-24(30-20-11-13-27-14-12-20)22-23(29-17-28-22)25(33)31-21(15-18-7-3-1-4-8-18)26(34)35-16-19-9-5-2-6-10-19;/h1-10,17,20-21,27H,11-16H2,(H,28,29)(H,30,32)(H,31,33);1H/t21-;/m0./s1. The number of ether oxygens (including phenoxy) is 1. The van der Waals surface area contributed by atoms with Crippen LogP contribution in [-0.2, 0) is 22.6 Å². The van der Waals surface area contributed by atoms with Gasteiger partial charge in [0.1, 0.15) is 18.3 Å². The lowest BCUT2D eigenvalue weighted by atomic mass is 10.1. The summed E-state index contributed by atoms with van der Waals surface area (Å²) in [5.41, 5.74) is 1.71. The number of H-pyrrole nitrogens is 1. The first-order chi connectivity index (χ1) is 17.1. The third kappa shape index (κ3) is 7.40. The third-order valence-electron chi connectivity index (χ3n) is 5.85. The smallest absolute Gasteiger partial charge is 0.329 e. The molecule has 36 heavy (non-hydrogen) atoms. The second-order valence-electron chi connectivity index (χ2n) is 8.43. The van der Waals surface area contributed by atoms with E-state index < -0.39 is 23.8 Å². The maximum absolute atomic E-state index is 13.1. The maximum atomic E-state index is 13.1. The molecule has 2 amide bonds. The van der Waals surface area contributed by atoms with Crippen molar-refractivity contribution in [3.8, 4) is 0 Å². The van der Waals surface area contributed by atoms with E-state index in [-0.39, 0.29) is 42.9 Å². The second-order valence-corrected chi connectivity index (χ2v) is 8.43. The predicted molar refractivity (Wildman–Crippen MR) is 137 cm³/mol. The summed E-state index contributed by atoms with van der Waals surface area (Å²) in [6.45, 7) is 1.74. The average Bonchev–Trinajstić information content (AvgIpc) is 3.39. The number of halogens is 1. The summed E-state index contributed by atoms with van der Waals surface area (Å²) in [5.74, 6) is -1.59. The SMILES string of the molecule is Cl.O=C(N[C@@H](Cc1ccccc1)C(=O)OCc1ccccc1)c1nc[nH]c1C(=O)NC1CCNCC1. The van der Waals surface area contributed by atoms with Crippen LogP contribution in [0.5, 0.6) is 0 Å². The largest absolute Gasteiger partial charge is 0.459 e. The van der Waals surface area contributed by atoms with Crippen LogP contribution in [0.15, 0.2) is 67.0 Å². The third-order valence-corrected chi connectivity index (χ3v) is 5.85. The summed E-state index contributed by atoms with van der Waals surface area (Å²) in [4.78, 5) is 45.7. The van der Waals surface area contributed by atoms with Crippen molar-refractivity contribution in [1.29, 1.82) is 0 Å². The molecule has 190 valence electrons. The molecular weight excluding hydrogens is 482 g/mol. The van der Waals surface area contributed by atoms with E-state index in [9.17, 15) is 14.4 Å². The van der Waals surface area contributed by atoms with E-state index >= 15 is 0 Å². The van der Waals surface area contributed by atoms with E-state index in [2.05, 4.69) is 25.9 Å². The Balaban J connectivity index is 0.00000361. The van der Waals surface area contributed by atoms with Gasteiger partial charge < -0.3 is 25.7 Å². The minimum absolute atomic E-state index is 0. The number of aromatic amines is 1. The number of imidazole rings is 1. The fourth-order valence-electron chi connectivity index (χ4n) is 3.96. The van der Waals surface area contributed by atoms with Crippen LogP contribution in [0.25, 0.3) is 0 Å². The molecule has 1 aliphatic heterocycles. The molecule has 4 N–H and O–H groups in total. The molecule has 1 atom stereocenters. The number of nitrogens with zero attached hydrogens (tertiary/aromatic N) is 1. The van der Waals surface area contributed by atoms with Crippen molar-refractivity contribution in [3.63, 3.8) is 0 Å². The zero-order chi connectivity index (χ0) is 24.5. The molecule has 2 aromatic carbocycles. The summed E-state index contributed by atoms with van der Waals surface area (Å²) in [7, 11) is 0. The molecule has 10 heteroatoms. The van der Waals surface area contributed by atoms with Crippen molar-refractivity contribution in [2.45, 2.75) is 38.0 Å². The number of aromatic nitrogens is 2. The number of hydrogen-bond donors (Lipinski definition) is 4. The highest BCUT2D eigenvalue weighted by molar-refractivity contribution is 6.05. The van der Waals surface area contributed by atoms with Crippen molar-refractivity contribution in [1.82, 2.24) is 25.9 Å². The number of carbonyl (C=O) groups is 3. The molecule has 0 unspecified atom stereocenters.